The van der Waals surface area contributed by atoms with E-state index in [9.17, 15) is 45.0 Å². The summed E-state index contributed by atoms with van der Waals surface area (Å²) in [6.07, 6.45) is -12.1. The van der Waals surface area contributed by atoms with Crippen molar-refractivity contribution in [3.8, 4) is 0 Å². The first kappa shape index (κ1) is 20.9. The SMILES string of the molecule is O=c1[nH]c(=O)n([C@@H]2O[C@H](CO)[C@H](O)[C@H]2O)c2[nH]c(=O)n([C@@H]3O[C@H](CO)[C@H](O)[C@@H]3O)c12. The van der Waals surface area contributed by atoms with Crippen molar-refractivity contribution >= 4 is 11.2 Å². The maximum Gasteiger partial charge on any atom is 0.332 e. The molecule has 2 aromatic rings. The molecular weight excluding hydrogens is 412 g/mol. The van der Waals surface area contributed by atoms with Gasteiger partial charge in [0.1, 0.15) is 36.6 Å². The van der Waals surface area contributed by atoms with Crippen molar-refractivity contribution in [2.75, 3.05) is 13.2 Å². The van der Waals surface area contributed by atoms with E-state index in [-0.39, 0.29) is 0 Å². The lowest BCUT2D eigenvalue weighted by atomic mass is 10.1. The van der Waals surface area contributed by atoms with Crippen molar-refractivity contribution in [3.63, 3.8) is 0 Å². The molecule has 8 N–H and O–H groups in total. The molecule has 2 aromatic heterocycles. The Labute approximate surface area is 165 Å². The number of aromatic nitrogens is 4. The van der Waals surface area contributed by atoms with Crippen LogP contribution in [0.15, 0.2) is 14.4 Å². The van der Waals surface area contributed by atoms with Crippen LogP contribution in [0.25, 0.3) is 11.2 Å². The van der Waals surface area contributed by atoms with Crippen LogP contribution in [-0.2, 0) is 9.47 Å². The third-order valence-electron chi connectivity index (χ3n) is 5.35. The Morgan fingerprint density at radius 2 is 1.20 bits per heavy atom. The van der Waals surface area contributed by atoms with Gasteiger partial charge in [0.25, 0.3) is 5.56 Å². The minimum Gasteiger partial charge on any atom is -0.394 e. The van der Waals surface area contributed by atoms with Crippen molar-refractivity contribution < 1.29 is 40.1 Å². The number of rotatable bonds is 4. The number of aliphatic hydroxyl groups excluding tert-OH is 6. The Balaban J connectivity index is 1.91. The summed E-state index contributed by atoms with van der Waals surface area (Å²) in [5.41, 5.74) is -4.03. The van der Waals surface area contributed by atoms with Crippen LogP contribution >= 0.6 is 0 Å². The van der Waals surface area contributed by atoms with E-state index in [4.69, 9.17) is 9.47 Å². The standard InChI is InChI=1S/C15H20N4O11/c20-1-3-6(22)8(24)12(29-3)18-5-10(16-14(18)27)19(15(28)17-11(5)26)13-9(25)7(23)4(2-21)30-13/h3-4,6-9,12-13,20-25H,1-2H2,(H,16,27)(H,17,26,28)/t3-,4-,6+,7+,8+,9-,12-,13-/m1/s1. The molecule has 0 saturated carbocycles. The molecule has 2 fully saturated rings. The zero-order valence-corrected chi connectivity index (χ0v) is 15.2. The van der Waals surface area contributed by atoms with Crippen molar-refractivity contribution in [2.24, 2.45) is 0 Å². The van der Waals surface area contributed by atoms with Gasteiger partial charge in [0.2, 0.25) is 0 Å². The van der Waals surface area contributed by atoms with E-state index in [1.165, 1.54) is 0 Å². The molecule has 30 heavy (non-hydrogen) atoms. The van der Waals surface area contributed by atoms with Gasteiger partial charge in [-0.05, 0) is 0 Å². The second kappa shape index (κ2) is 7.40. The van der Waals surface area contributed by atoms with Crippen LogP contribution < -0.4 is 16.9 Å². The highest BCUT2D eigenvalue weighted by Gasteiger charge is 2.47. The number of ether oxygens (including phenoxy) is 2. The Bertz CT molecular complexity index is 1120. The van der Waals surface area contributed by atoms with Gasteiger partial charge in [0, 0.05) is 0 Å². The van der Waals surface area contributed by atoms with Crippen LogP contribution in [0.1, 0.15) is 12.5 Å². The van der Waals surface area contributed by atoms with Gasteiger partial charge in [-0.1, -0.05) is 0 Å². The number of fused-ring (bicyclic) bond motifs is 1. The summed E-state index contributed by atoms with van der Waals surface area (Å²) in [5.74, 6) is 0. The molecule has 0 aliphatic carbocycles. The molecule has 0 unspecified atom stereocenters. The van der Waals surface area contributed by atoms with E-state index in [1.54, 1.807) is 0 Å². The lowest BCUT2D eigenvalue weighted by Gasteiger charge is -2.19. The summed E-state index contributed by atoms with van der Waals surface area (Å²) in [4.78, 5) is 41.7. The van der Waals surface area contributed by atoms with Crippen molar-refractivity contribution in [1.29, 1.82) is 0 Å². The maximum absolute atomic E-state index is 12.6. The molecule has 4 rings (SSSR count). The molecule has 0 aromatic carbocycles. The summed E-state index contributed by atoms with van der Waals surface area (Å²) in [5, 5.41) is 58.8. The summed E-state index contributed by atoms with van der Waals surface area (Å²) >= 11 is 0. The van der Waals surface area contributed by atoms with Crippen LogP contribution in [0.3, 0.4) is 0 Å². The third kappa shape index (κ3) is 2.87. The number of aliphatic hydroxyl groups is 6. The lowest BCUT2D eigenvalue weighted by Crippen LogP contribution is -2.39. The molecule has 2 aliphatic heterocycles. The highest BCUT2D eigenvalue weighted by atomic mass is 16.6. The van der Waals surface area contributed by atoms with E-state index < -0.39 is 90.4 Å². The largest absolute Gasteiger partial charge is 0.394 e. The number of H-pyrrole nitrogens is 2. The quantitative estimate of drug-likeness (QED) is 0.227. The first-order valence-electron chi connectivity index (χ1n) is 8.95. The first-order chi connectivity index (χ1) is 14.2. The van der Waals surface area contributed by atoms with Crippen molar-refractivity contribution in [3.05, 3.63) is 31.3 Å². The van der Waals surface area contributed by atoms with E-state index in [2.05, 4.69) is 4.98 Å². The van der Waals surface area contributed by atoms with Gasteiger partial charge >= 0.3 is 11.4 Å². The Morgan fingerprint density at radius 3 is 1.67 bits per heavy atom. The predicted octanol–water partition coefficient (Wildman–Crippen LogP) is -5.60. The summed E-state index contributed by atoms with van der Waals surface area (Å²) in [6.45, 7) is -1.34. The Morgan fingerprint density at radius 1 is 0.733 bits per heavy atom. The normalized spacial score (nSPS) is 36.7. The van der Waals surface area contributed by atoms with Crippen LogP contribution in [0, 0.1) is 0 Å². The van der Waals surface area contributed by atoms with Gasteiger partial charge < -0.3 is 40.1 Å². The Kier molecular flexibility index (Phi) is 5.15. The number of imidazole rings is 1. The first-order valence-corrected chi connectivity index (χ1v) is 8.95. The highest BCUT2D eigenvalue weighted by molar-refractivity contribution is 5.70. The van der Waals surface area contributed by atoms with Gasteiger partial charge in [-0.3, -0.25) is 19.3 Å². The molecular formula is C15H20N4O11. The van der Waals surface area contributed by atoms with E-state index in [0.717, 1.165) is 0 Å². The Hall–Kier alpha value is -2.37. The molecule has 15 nitrogen and oxygen atoms in total. The van der Waals surface area contributed by atoms with E-state index in [1.807, 2.05) is 4.98 Å². The number of aromatic amines is 2. The number of nitrogens with one attached hydrogen (secondary N) is 2. The van der Waals surface area contributed by atoms with Gasteiger partial charge in [0.15, 0.2) is 23.6 Å². The molecule has 0 amide bonds. The average molecular weight is 432 g/mol. The summed E-state index contributed by atoms with van der Waals surface area (Å²) in [7, 11) is 0. The predicted molar refractivity (Wildman–Crippen MR) is 93.5 cm³/mol. The van der Waals surface area contributed by atoms with Gasteiger partial charge in [-0.25, -0.2) is 14.2 Å². The second-order valence-electron chi connectivity index (χ2n) is 7.08. The monoisotopic (exact) mass is 432 g/mol. The van der Waals surface area contributed by atoms with Crippen LogP contribution in [-0.4, -0.2) is 99.6 Å². The maximum atomic E-state index is 12.6. The smallest absolute Gasteiger partial charge is 0.332 e. The fourth-order valence-corrected chi connectivity index (χ4v) is 3.82. The zero-order chi connectivity index (χ0) is 21.9. The van der Waals surface area contributed by atoms with E-state index >= 15 is 0 Å². The average Bonchev–Trinajstić information content (AvgIpc) is 3.29. The molecule has 8 atom stereocenters. The number of nitrogens with zero attached hydrogens (tertiary/aromatic N) is 2. The fraction of sp³-hybridized carbons (Fsp3) is 0.667. The topological polar surface area (TPSA) is 232 Å². The summed E-state index contributed by atoms with van der Waals surface area (Å²) in [6, 6.07) is 0. The van der Waals surface area contributed by atoms with Gasteiger partial charge in [-0.2, -0.15) is 0 Å². The van der Waals surface area contributed by atoms with Gasteiger partial charge in [0.05, 0.1) is 13.2 Å². The molecule has 0 spiro atoms. The van der Waals surface area contributed by atoms with Gasteiger partial charge in [-0.15, -0.1) is 0 Å². The lowest BCUT2D eigenvalue weighted by molar-refractivity contribution is -0.0537. The number of hydrogen-bond acceptors (Lipinski definition) is 11. The molecule has 2 aliphatic rings. The molecule has 15 heteroatoms. The molecule has 4 heterocycles. The highest BCUT2D eigenvalue weighted by Crippen LogP contribution is 2.32. The molecule has 0 radical (unpaired) electrons. The minimum atomic E-state index is -1.69. The molecule has 2 saturated heterocycles. The fourth-order valence-electron chi connectivity index (χ4n) is 3.82. The van der Waals surface area contributed by atoms with Crippen LogP contribution in [0.5, 0.6) is 0 Å². The summed E-state index contributed by atoms with van der Waals surface area (Å²) < 4.78 is 11.9. The second-order valence-corrected chi connectivity index (χ2v) is 7.08. The van der Waals surface area contributed by atoms with Crippen LogP contribution in [0.4, 0.5) is 0 Å². The van der Waals surface area contributed by atoms with Crippen LogP contribution in [0.2, 0.25) is 0 Å². The zero-order valence-electron chi connectivity index (χ0n) is 15.2. The van der Waals surface area contributed by atoms with Crippen molar-refractivity contribution in [2.45, 2.75) is 49.1 Å². The third-order valence-corrected chi connectivity index (χ3v) is 5.35. The molecule has 0 bridgehead atoms. The van der Waals surface area contributed by atoms with Crippen molar-refractivity contribution in [1.82, 2.24) is 19.1 Å². The molecule has 166 valence electrons. The van der Waals surface area contributed by atoms with E-state index in [0.29, 0.717) is 9.13 Å². The minimum absolute atomic E-state index is 0.415. The number of hydrogen-bond donors (Lipinski definition) is 8.